The Kier molecular flexibility index (Phi) is 6.83. The summed E-state index contributed by atoms with van der Waals surface area (Å²) in [6.45, 7) is 10.9. The molecule has 37 heavy (non-hydrogen) atoms. The van der Waals surface area contributed by atoms with Gasteiger partial charge in [0.05, 0.1) is 40.6 Å². The maximum absolute atomic E-state index is 13.7. The number of hydrogen-bond donors (Lipinski definition) is 1. The van der Waals surface area contributed by atoms with Crippen LogP contribution in [0.25, 0.3) is 0 Å². The van der Waals surface area contributed by atoms with E-state index in [1.165, 1.54) is 4.90 Å². The minimum Gasteiger partial charge on any atom is -0.375 e. The van der Waals surface area contributed by atoms with Crippen LogP contribution >= 0.6 is 0 Å². The summed E-state index contributed by atoms with van der Waals surface area (Å²) in [5.41, 5.74) is 3.36. The molecular formula is C28H37N5O4. The van der Waals surface area contributed by atoms with E-state index in [0.29, 0.717) is 50.2 Å². The van der Waals surface area contributed by atoms with E-state index in [0.717, 1.165) is 36.5 Å². The number of anilines is 1. The van der Waals surface area contributed by atoms with Crippen LogP contribution < -0.4 is 10.2 Å². The van der Waals surface area contributed by atoms with Crippen molar-refractivity contribution in [3.63, 3.8) is 0 Å². The first-order valence-electron chi connectivity index (χ1n) is 13.3. The molecule has 0 spiro atoms. The summed E-state index contributed by atoms with van der Waals surface area (Å²) < 4.78 is 7.72. The fourth-order valence-electron chi connectivity index (χ4n) is 6.04. The molecule has 3 aliphatic rings. The number of amides is 3. The number of rotatable bonds is 6. The minimum atomic E-state index is -0.372. The van der Waals surface area contributed by atoms with Crippen LogP contribution in [-0.2, 0) is 16.1 Å². The van der Waals surface area contributed by atoms with Gasteiger partial charge >= 0.3 is 0 Å². The predicted octanol–water partition coefficient (Wildman–Crippen LogP) is 3.09. The Morgan fingerprint density at radius 3 is 2.73 bits per heavy atom. The Balaban J connectivity index is 1.28. The van der Waals surface area contributed by atoms with Gasteiger partial charge < -0.3 is 15.0 Å². The number of nitrogens with zero attached hydrogens (tertiary/aromatic N) is 4. The fraction of sp³-hybridized carbons (Fsp3) is 0.571. The average molecular weight is 508 g/mol. The topological polar surface area (TPSA) is 96.8 Å². The summed E-state index contributed by atoms with van der Waals surface area (Å²) in [6.07, 6.45) is 2.91. The van der Waals surface area contributed by atoms with Gasteiger partial charge in [0.1, 0.15) is 0 Å². The molecule has 9 nitrogen and oxygen atoms in total. The van der Waals surface area contributed by atoms with Crippen molar-refractivity contribution < 1.29 is 19.1 Å². The zero-order valence-corrected chi connectivity index (χ0v) is 22.2. The summed E-state index contributed by atoms with van der Waals surface area (Å²) in [5.74, 6) is -0.605. The second kappa shape index (κ2) is 9.93. The third kappa shape index (κ3) is 5.01. The van der Waals surface area contributed by atoms with E-state index in [9.17, 15) is 14.4 Å². The monoisotopic (exact) mass is 507 g/mol. The molecule has 5 rings (SSSR count). The maximum atomic E-state index is 13.7. The maximum Gasteiger partial charge on any atom is 0.263 e. The number of carbonyl (C=O) groups excluding carboxylic acids is 3. The first-order chi connectivity index (χ1) is 17.6. The normalized spacial score (nSPS) is 23.4. The summed E-state index contributed by atoms with van der Waals surface area (Å²) in [5, 5.41) is 7.52. The lowest BCUT2D eigenvalue weighted by atomic mass is 9.93. The van der Waals surface area contributed by atoms with Gasteiger partial charge in [-0.3, -0.25) is 24.0 Å². The average Bonchev–Trinajstić information content (AvgIpc) is 3.32. The quantitative estimate of drug-likeness (QED) is 0.604. The summed E-state index contributed by atoms with van der Waals surface area (Å²) >= 11 is 0. The third-order valence-corrected chi connectivity index (χ3v) is 7.82. The van der Waals surface area contributed by atoms with E-state index in [1.807, 2.05) is 50.6 Å². The molecule has 2 saturated heterocycles. The first kappa shape index (κ1) is 25.4. The van der Waals surface area contributed by atoms with Crippen LogP contribution in [0.1, 0.15) is 71.6 Å². The zero-order valence-electron chi connectivity index (χ0n) is 22.2. The molecule has 0 radical (unpaired) electrons. The molecule has 0 saturated carbocycles. The van der Waals surface area contributed by atoms with Crippen molar-refractivity contribution in [1.29, 1.82) is 0 Å². The highest BCUT2D eigenvalue weighted by Crippen LogP contribution is 2.38. The lowest BCUT2D eigenvalue weighted by Crippen LogP contribution is -2.48. The van der Waals surface area contributed by atoms with Crippen LogP contribution in [0.3, 0.4) is 0 Å². The Labute approximate surface area is 218 Å². The van der Waals surface area contributed by atoms with Crippen LogP contribution in [0.15, 0.2) is 24.3 Å². The van der Waals surface area contributed by atoms with Crippen molar-refractivity contribution in [3.05, 3.63) is 46.8 Å². The van der Waals surface area contributed by atoms with Crippen LogP contribution in [0.4, 0.5) is 5.69 Å². The van der Waals surface area contributed by atoms with Crippen molar-refractivity contribution in [3.8, 4) is 0 Å². The number of ether oxygens (including phenoxy) is 1. The standard InChI is InChI=1S/C28H37N5O4/c1-18-15-19(2)32(30-18)13-11-29-25(34)20-7-6-12-31(17-20)23-9-5-8-22-24(23)27(36)33(26(22)35)21-10-14-37-28(3,4)16-21/h5,8-9,15,20-21H,6-7,10-14,16-17H2,1-4H3,(H,29,34)/t20-,21-/m1/s1. The number of imide groups is 1. The predicted molar refractivity (Wildman–Crippen MR) is 140 cm³/mol. The summed E-state index contributed by atoms with van der Waals surface area (Å²) in [4.78, 5) is 43.6. The number of aromatic nitrogens is 2. The van der Waals surface area contributed by atoms with Crippen molar-refractivity contribution in [2.75, 3.05) is 31.1 Å². The Bertz CT molecular complexity index is 1220. The van der Waals surface area contributed by atoms with Crippen molar-refractivity contribution in [2.24, 2.45) is 5.92 Å². The van der Waals surface area contributed by atoms with Crippen molar-refractivity contribution >= 4 is 23.4 Å². The molecule has 0 aliphatic carbocycles. The molecule has 0 bridgehead atoms. The number of piperidine rings is 1. The van der Waals surface area contributed by atoms with Gasteiger partial charge in [0.25, 0.3) is 11.8 Å². The van der Waals surface area contributed by atoms with Crippen molar-refractivity contribution in [2.45, 2.75) is 71.6 Å². The molecule has 2 aromatic rings. The molecule has 1 N–H and O–H groups in total. The lowest BCUT2D eigenvalue weighted by Gasteiger charge is -2.39. The number of aryl methyl sites for hydroxylation is 2. The molecular weight excluding hydrogens is 470 g/mol. The van der Waals surface area contributed by atoms with E-state index in [1.54, 1.807) is 6.07 Å². The molecule has 4 heterocycles. The molecule has 3 amide bonds. The Hall–Kier alpha value is -3.20. The molecule has 2 atom stereocenters. The molecule has 198 valence electrons. The van der Waals surface area contributed by atoms with E-state index in [-0.39, 0.29) is 35.3 Å². The largest absolute Gasteiger partial charge is 0.375 e. The van der Waals surface area contributed by atoms with Crippen LogP contribution in [-0.4, -0.2) is 70.3 Å². The lowest BCUT2D eigenvalue weighted by molar-refractivity contribution is -0.125. The first-order valence-corrected chi connectivity index (χ1v) is 13.3. The minimum absolute atomic E-state index is 0.0206. The number of hydrogen-bond acceptors (Lipinski definition) is 6. The number of carbonyl (C=O) groups is 3. The van der Waals surface area contributed by atoms with Gasteiger partial charge in [-0.05, 0) is 71.6 Å². The molecule has 2 fully saturated rings. The van der Waals surface area contributed by atoms with E-state index >= 15 is 0 Å². The van der Waals surface area contributed by atoms with Gasteiger partial charge in [-0.1, -0.05) is 6.07 Å². The van der Waals surface area contributed by atoms with Gasteiger partial charge in [-0.2, -0.15) is 5.10 Å². The SMILES string of the molecule is Cc1cc(C)n(CCNC(=O)[C@@H]2CCCN(c3cccc4c3C(=O)N([C@@H]3CCOC(C)(C)C3)C4=O)C2)n1. The fourth-order valence-corrected chi connectivity index (χ4v) is 6.04. The van der Waals surface area contributed by atoms with E-state index in [4.69, 9.17) is 4.74 Å². The molecule has 9 heteroatoms. The van der Waals surface area contributed by atoms with Crippen LogP contribution in [0, 0.1) is 19.8 Å². The molecule has 1 aromatic carbocycles. The molecule has 3 aliphatic heterocycles. The van der Waals surface area contributed by atoms with Gasteiger partial charge in [0, 0.05) is 38.0 Å². The van der Waals surface area contributed by atoms with Gasteiger partial charge in [0.2, 0.25) is 5.91 Å². The smallest absolute Gasteiger partial charge is 0.263 e. The van der Waals surface area contributed by atoms with E-state index in [2.05, 4.69) is 15.3 Å². The highest BCUT2D eigenvalue weighted by Gasteiger charge is 2.45. The van der Waals surface area contributed by atoms with Gasteiger partial charge in [-0.15, -0.1) is 0 Å². The Morgan fingerprint density at radius 1 is 1.19 bits per heavy atom. The molecule has 1 aromatic heterocycles. The summed E-state index contributed by atoms with van der Waals surface area (Å²) in [7, 11) is 0. The molecule has 0 unspecified atom stereocenters. The van der Waals surface area contributed by atoms with Gasteiger partial charge in [-0.25, -0.2) is 0 Å². The third-order valence-electron chi connectivity index (χ3n) is 7.82. The summed E-state index contributed by atoms with van der Waals surface area (Å²) in [6, 6.07) is 7.34. The zero-order chi connectivity index (χ0) is 26.3. The second-order valence-corrected chi connectivity index (χ2v) is 11.2. The number of benzene rings is 1. The highest BCUT2D eigenvalue weighted by molar-refractivity contribution is 6.24. The Morgan fingerprint density at radius 2 is 2.00 bits per heavy atom. The number of nitrogens with one attached hydrogen (secondary N) is 1. The highest BCUT2D eigenvalue weighted by atomic mass is 16.5. The van der Waals surface area contributed by atoms with Gasteiger partial charge in [0.15, 0.2) is 0 Å². The van der Waals surface area contributed by atoms with Crippen molar-refractivity contribution in [1.82, 2.24) is 20.0 Å². The second-order valence-electron chi connectivity index (χ2n) is 11.2. The van der Waals surface area contributed by atoms with Crippen LogP contribution in [0.5, 0.6) is 0 Å². The number of fused-ring (bicyclic) bond motifs is 1. The van der Waals surface area contributed by atoms with E-state index < -0.39 is 0 Å². The van der Waals surface area contributed by atoms with Crippen LogP contribution in [0.2, 0.25) is 0 Å².